The predicted molar refractivity (Wildman–Crippen MR) is 92.9 cm³/mol. The van der Waals surface area contributed by atoms with E-state index in [4.69, 9.17) is 0 Å². The predicted octanol–water partition coefficient (Wildman–Crippen LogP) is 4.77. The van der Waals surface area contributed by atoms with Gasteiger partial charge in [-0.2, -0.15) is 0 Å². The number of rotatable bonds is 2. The lowest BCUT2D eigenvalue weighted by Crippen LogP contribution is -1.93. The van der Waals surface area contributed by atoms with Crippen molar-refractivity contribution in [1.82, 2.24) is 0 Å². The first-order valence-electron chi connectivity index (χ1n) is 5.70. The summed E-state index contributed by atoms with van der Waals surface area (Å²) in [6.07, 6.45) is 1.72. The Morgan fingerprint density at radius 3 is 1.00 bits per heavy atom. The number of hydrogen-bond donors (Lipinski definition) is 0. The Kier molecular flexibility index (Phi) is 5.60. The highest BCUT2D eigenvalue weighted by Crippen LogP contribution is 2.30. The Labute approximate surface area is 137 Å². The van der Waals surface area contributed by atoms with Crippen molar-refractivity contribution in [3.63, 3.8) is 0 Å². The summed E-state index contributed by atoms with van der Waals surface area (Å²) in [5.41, 5.74) is 1.29. The van der Waals surface area contributed by atoms with E-state index in [1.54, 1.807) is 0 Å². The van der Waals surface area contributed by atoms with Crippen LogP contribution in [0, 0.1) is 0 Å². The fourth-order valence-corrected chi connectivity index (χ4v) is 2.45. The van der Waals surface area contributed by atoms with Gasteiger partial charge in [0.1, 0.15) is 0 Å². The van der Waals surface area contributed by atoms with Crippen LogP contribution in [0.4, 0.5) is 0 Å². The van der Waals surface area contributed by atoms with Gasteiger partial charge in [-0.25, -0.2) is 0 Å². The van der Waals surface area contributed by atoms with Crippen molar-refractivity contribution in [2.24, 2.45) is 0 Å². The van der Waals surface area contributed by atoms with Crippen LogP contribution >= 0.6 is 34.0 Å². The maximum atomic E-state index is 11.3. The van der Waals surface area contributed by atoms with Crippen LogP contribution in [0.25, 0.3) is 21.5 Å². The van der Waals surface area contributed by atoms with Crippen LogP contribution in [0.1, 0.15) is 20.7 Å². The molecule has 102 valence electrons. The minimum Gasteiger partial charge on any atom is -0.298 e. The number of carbonyl (C=O) groups is 2. The summed E-state index contributed by atoms with van der Waals surface area (Å²) in [6, 6.07) is 15.0. The van der Waals surface area contributed by atoms with Crippen LogP contribution in [-0.2, 0) is 0 Å². The molecule has 20 heavy (non-hydrogen) atoms. The molecule has 0 amide bonds. The minimum absolute atomic E-state index is 0. The minimum atomic E-state index is 0. The molecule has 4 heteroatoms. The van der Waals surface area contributed by atoms with Gasteiger partial charge in [0.25, 0.3) is 0 Å². The lowest BCUT2D eigenvalue weighted by atomic mass is 9.93. The van der Waals surface area contributed by atoms with E-state index >= 15 is 0 Å². The quantitative estimate of drug-likeness (QED) is 0.462. The van der Waals surface area contributed by atoms with Gasteiger partial charge in [0.05, 0.1) is 0 Å². The number of halogens is 2. The third-order valence-electron chi connectivity index (χ3n) is 3.25. The molecule has 0 N–H and O–H groups in total. The molecular weight excluding hydrogens is 384 g/mol. The Bertz CT molecular complexity index is 659. The number of benzene rings is 3. The van der Waals surface area contributed by atoms with Crippen molar-refractivity contribution in [1.29, 1.82) is 0 Å². The molecule has 0 heterocycles. The smallest absolute Gasteiger partial charge is 0.151 e. The molecule has 0 saturated heterocycles. The Balaban J connectivity index is 0.000001000. The molecule has 0 aliphatic heterocycles. The lowest BCUT2D eigenvalue weighted by Gasteiger charge is -2.09. The third-order valence-corrected chi connectivity index (χ3v) is 3.25. The van der Waals surface area contributed by atoms with Gasteiger partial charge < -0.3 is 0 Å². The molecule has 0 radical (unpaired) electrons. The summed E-state index contributed by atoms with van der Waals surface area (Å²) in [4.78, 5) is 22.7. The molecule has 0 saturated carbocycles. The van der Waals surface area contributed by atoms with Gasteiger partial charge in [-0.05, 0) is 21.5 Å². The maximum Gasteiger partial charge on any atom is 0.151 e. The van der Waals surface area contributed by atoms with Crippen LogP contribution in [0.3, 0.4) is 0 Å². The Morgan fingerprint density at radius 2 is 0.800 bits per heavy atom. The molecule has 0 unspecified atom stereocenters. The topological polar surface area (TPSA) is 34.1 Å². The maximum absolute atomic E-state index is 11.3. The van der Waals surface area contributed by atoms with Gasteiger partial charge in [0.15, 0.2) is 12.6 Å². The van der Waals surface area contributed by atoms with Crippen LogP contribution in [0.5, 0.6) is 0 Å². The largest absolute Gasteiger partial charge is 0.298 e. The molecule has 0 fully saturated rings. The fraction of sp³-hybridized carbons (Fsp3) is 0. The van der Waals surface area contributed by atoms with E-state index in [-0.39, 0.29) is 34.0 Å². The average Bonchev–Trinajstić information content (AvgIpc) is 2.44. The van der Waals surface area contributed by atoms with Gasteiger partial charge in [-0.3, -0.25) is 9.59 Å². The molecule has 0 spiro atoms. The molecule has 0 bridgehead atoms. The summed E-state index contributed by atoms with van der Waals surface area (Å²) in [7, 11) is 0. The molecule has 3 rings (SSSR count). The molecule has 2 nitrogen and oxygen atoms in total. The molecule has 3 aromatic carbocycles. The third kappa shape index (κ3) is 2.41. The first kappa shape index (κ1) is 16.5. The number of aldehydes is 2. The van der Waals surface area contributed by atoms with Crippen LogP contribution in [0.2, 0.25) is 0 Å². The SMILES string of the molecule is Br.Br.O=Cc1c2ccccc2c(C=O)c2ccccc12. The van der Waals surface area contributed by atoms with E-state index in [2.05, 4.69) is 0 Å². The highest BCUT2D eigenvalue weighted by molar-refractivity contribution is 8.93. The Morgan fingerprint density at radius 1 is 0.550 bits per heavy atom. The highest BCUT2D eigenvalue weighted by atomic mass is 79.9. The normalized spacial score (nSPS) is 9.60. The number of carbonyl (C=O) groups excluding carboxylic acids is 2. The molecule has 0 atom stereocenters. The number of hydrogen-bond acceptors (Lipinski definition) is 2. The summed E-state index contributed by atoms with van der Waals surface area (Å²) in [5, 5.41) is 3.31. The van der Waals surface area contributed by atoms with Gasteiger partial charge in [-0.1, -0.05) is 48.5 Å². The highest BCUT2D eigenvalue weighted by Gasteiger charge is 2.11. The first-order valence-corrected chi connectivity index (χ1v) is 5.70. The van der Waals surface area contributed by atoms with Gasteiger partial charge in [0.2, 0.25) is 0 Å². The van der Waals surface area contributed by atoms with Crippen LogP contribution < -0.4 is 0 Å². The van der Waals surface area contributed by atoms with Crippen LogP contribution in [0.15, 0.2) is 48.5 Å². The van der Waals surface area contributed by atoms with Crippen molar-refractivity contribution in [3.8, 4) is 0 Å². The van der Waals surface area contributed by atoms with Gasteiger partial charge in [0, 0.05) is 11.1 Å². The summed E-state index contributed by atoms with van der Waals surface area (Å²) >= 11 is 0. The van der Waals surface area contributed by atoms with Crippen molar-refractivity contribution in [2.75, 3.05) is 0 Å². The van der Waals surface area contributed by atoms with Crippen molar-refractivity contribution in [3.05, 3.63) is 59.7 Å². The zero-order valence-corrected chi connectivity index (χ0v) is 13.8. The molecular formula is C16H12Br2O2. The second kappa shape index (κ2) is 6.77. The molecule has 3 aromatic rings. The zero-order chi connectivity index (χ0) is 12.5. The van der Waals surface area contributed by atoms with E-state index in [0.29, 0.717) is 11.1 Å². The average molecular weight is 396 g/mol. The van der Waals surface area contributed by atoms with E-state index in [1.165, 1.54) is 0 Å². The number of fused-ring (bicyclic) bond motifs is 2. The summed E-state index contributed by atoms with van der Waals surface area (Å²) < 4.78 is 0. The standard InChI is InChI=1S/C16H10O2.2BrH/c17-9-15-11-5-1-2-6-12(11)16(10-18)14-8-4-3-7-13(14)15;;/h1-10H;2*1H. The van der Waals surface area contributed by atoms with E-state index in [1.807, 2.05) is 48.5 Å². The van der Waals surface area contributed by atoms with E-state index < -0.39 is 0 Å². The second-order valence-corrected chi connectivity index (χ2v) is 4.15. The fourth-order valence-electron chi connectivity index (χ4n) is 2.45. The van der Waals surface area contributed by atoms with E-state index in [0.717, 1.165) is 34.1 Å². The lowest BCUT2D eigenvalue weighted by molar-refractivity contribution is 0.111. The van der Waals surface area contributed by atoms with Crippen LogP contribution in [-0.4, -0.2) is 12.6 Å². The Hall–Kier alpha value is -1.52. The molecule has 0 aliphatic rings. The van der Waals surface area contributed by atoms with Crippen molar-refractivity contribution >= 4 is 68.1 Å². The monoisotopic (exact) mass is 394 g/mol. The zero-order valence-electron chi connectivity index (χ0n) is 10.4. The van der Waals surface area contributed by atoms with Gasteiger partial charge >= 0.3 is 0 Å². The van der Waals surface area contributed by atoms with Gasteiger partial charge in [-0.15, -0.1) is 34.0 Å². The molecule has 0 aromatic heterocycles. The van der Waals surface area contributed by atoms with Crippen molar-refractivity contribution in [2.45, 2.75) is 0 Å². The van der Waals surface area contributed by atoms with Crippen molar-refractivity contribution < 1.29 is 9.59 Å². The second-order valence-electron chi connectivity index (χ2n) is 4.15. The van der Waals surface area contributed by atoms with E-state index in [9.17, 15) is 9.59 Å². The summed E-state index contributed by atoms with van der Waals surface area (Å²) in [6.45, 7) is 0. The molecule has 0 aliphatic carbocycles. The summed E-state index contributed by atoms with van der Waals surface area (Å²) in [5.74, 6) is 0. The first-order chi connectivity index (χ1) is 8.86.